The van der Waals surface area contributed by atoms with E-state index >= 15 is 0 Å². The van der Waals surface area contributed by atoms with E-state index in [-0.39, 0.29) is 12.8 Å². The quantitative estimate of drug-likeness (QED) is 0.311. The molecule has 6 atom stereocenters. The van der Waals surface area contributed by atoms with Crippen LogP contribution in [0.2, 0.25) is 0 Å². The summed E-state index contributed by atoms with van der Waals surface area (Å²) >= 11 is 0. The van der Waals surface area contributed by atoms with Crippen molar-refractivity contribution >= 4 is 39.0 Å². The first kappa shape index (κ1) is 23.8. The van der Waals surface area contributed by atoms with Crippen LogP contribution in [0.4, 0.5) is 0 Å². The summed E-state index contributed by atoms with van der Waals surface area (Å²) in [7, 11) is 2.21. The Morgan fingerprint density at radius 1 is 0.857 bits per heavy atom. The van der Waals surface area contributed by atoms with Crippen molar-refractivity contribution in [3.8, 4) is 0 Å². The molecule has 158 valence electrons. The fourth-order valence-electron chi connectivity index (χ4n) is 2.56. The van der Waals surface area contributed by atoms with Crippen LogP contribution in [0.5, 0.6) is 0 Å². The molecule has 1 heterocycles. The van der Waals surface area contributed by atoms with E-state index in [0.717, 1.165) is 20.8 Å². The normalized spacial score (nSPS) is 26.5. The van der Waals surface area contributed by atoms with Gasteiger partial charge in [-0.15, -0.1) is 9.24 Å². The molecular formula is C16H24NO10P. The van der Waals surface area contributed by atoms with Crippen LogP contribution in [0.15, 0.2) is 0 Å². The minimum atomic E-state index is -1.38. The number of hydrogen-bond acceptors (Lipinski definition) is 10. The molecule has 5 unspecified atom stereocenters. The van der Waals surface area contributed by atoms with E-state index in [1.54, 1.807) is 0 Å². The van der Waals surface area contributed by atoms with Gasteiger partial charge in [-0.1, -0.05) is 0 Å². The summed E-state index contributed by atoms with van der Waals surface area (Å²) in [5.74, 6) is -3.29. The van der Waals surface area contributed by atoms with Gasteiger partial charge in [0.1, 0.15) is 18.8 Å². The van der Waals surface area contributed by atoms with E-state index in [2.05, 4.69) is 14.6 Å². The van der Waals surface area contributed by atoms with Gasteiger partial charge < -0.3 is 29.0 Å². The lowest BCUT2D eigenvalue weighted by Gasteiger charge is -2.44. The first-order chi connectivity index (χ1) is 13.0. The summed E-state index contributed by atoms with van der Waals surface area (Å²) in [6, 6.07) is -1.17. The average Bonchev–Trinajstić information content (AvgIpc) is 2.56. The topological polar surface area (TPSA) is 144 Å². The number of nitrogens with one attached hydrogen (secondary N) is 1. The van der Waals surface area contributed by atoms with Crippen LogP contribution >= 0.6 is 9.24 Å². The zero-order chi connectivity index (χ0) is 21.4. The lowest BCUT2D eigenvalue weighted by atomic mass is 9.96. The van der Waals surface area contributed by atoms with Crippen LogP contribution in [0.25, 0.3) is 0 Å². The standard InChI is InChI=1S/C16H24NO10P/c1-7(18)23-5-11-14(24-8(2)19)15(25-9(3)20)13(17-12(22)6-28)16(27-11)26-10(4)21/h11,13-16H,5-6,28H2,1-4H3,(H,17,22)/t11?,13?,14-,15?,16?/m1/s1. The van der Waals surface area contributed by atoms with Crippen LogP contribution in [-0.4, -0.2) is 73.2 Å². The first-order valence-electron chi connectivity index (χ1n) is 8.35. The summed E-state index contributed by atoms with van der Waals surface area (Å²) in [5, 5.41) is 2.53. The van der Waals surface area contributed by atoms with Crippen molar-refractivity contribution < 1.29 is 47.7 Å². The van der Waals surface area contributed by atoms with Gasteiger partial charge in [0.2, 0.25) is 12.2 Å². The third-order valence-electron chi connectivity index (χ3n) is 3.50. The molecule has 0 spiro atoms. The molecule has 11 nitrogen and oxygen atoms in total. The Bertz CT molecular complexity index is 625. The van der Waals surface area contributed by atoms with Crippen LogP contribution in [0, 0.1) is 0 Å². The van der Waals surface area contributed by atoms with E-state index in [4.69, 9.17) is 23.7 Å². The number of carbonyl (C=O) groups excluding carboxylic acids is 5. The van der Waals surface area contributed by atoms with E-state index < -0.39 is 60.4 Å². The molecule has 0 aromatic carbocycles. The first-order valence-corrected chi connectivity index (χ1v) is 9.16. The highest BCUT2D eigenvalue weighted by Crippen LogP contribution is 2.28. The number of amides is 1. The van der Waals surface area contributed by atoms with Gasteiger partial charge in [-0.3, -0.25) is 24.0 Å². The summed E-state index contributed by atoms with van der Waals surface area (Å²) < 4.78 is 26.1. The summed E-state index contributed by atoms with van der Waals surface area (Å²) in [6.07, 6.45) is -4.99. The predicted octanol–water partition coefficient (Wildman–Crippen LogP) is -0.939. The van der Waals surface area contributed by atoms with Crippen molar-refractivity contribution in [2.75, 3.05) is 12.8 Å². The fraction of sp³-hybridized carbons (Fsp3) is 0.688. The summed E-state index contributed by atoms with van der Waals surface area (Å²) in [5.41, 5.74) is 0. The molecule has 0 saturated carbocycles. The Morgan fingerprint density at radius 3 is 1.86 bits per heavy atom. The highest BCUT2D eigenvalue weighted by molar-refractivity contribution is 7.18. The van der Waals surface area contributed by atoms with E-state index in [1.165, 1.54) is 6.92 Å². The smallest absolute Gasteiger partial charge is 0.305 e. The van der Waals surface area contributed by atoms with Crippen molar-refractivity contribution in [2.24, 2.45) is 0 Å². The average molecular weight is 421 g/mol. The molecule has 1 amide bonds. The van der Waals surface area contributed by atoms with Gasteiger partial charge in [-0.2, -0.15) is 0 Å². The molecule has 1 aliphatic rings. The molecule has 1 aliphatic heterocycles. The number of carbonyl (C=O) groups is 5. The Labute approximate surface area is 163 Å². The van der Waals surface area contributed by atoms with E-state index in [1.807, 2.05) is 0 Å². The highest BCUT2D eigenvalue weighted by atomic mass is 31.0. The Balaban J connectivity index is 3.31. The number of hydrogen-bond donors (Lipinski definition) is 1. The van der Waals surface area contributed by atoms with Crippen molar-refractivity contribution in [1.29, 1.82) is 0 Å². The van der Waals surface area contributed by atoms with Gasteiger partial charge in [0.05, 0.1) is 0 Å². The lowest BCUT2D eigenvalue weighted by Crippen LogP contribution is -2.67. The minimum absolute atomic E-state index is 0.00515. The lowest BCUT2D eigenvalue weighted by molar-refractivity contribution is -0.270. The molecule has 1 fully saturated rings. The Morgan fingerprint density at radius 2 is 1.39 bits per heavy atom. The molecule has 0 aliphatic carbocycles. The third-order valence-corrected chi connectivity index (χ3v) is 3.87. The van der Waals surface area contributed by atoms with Crippen LogP contribution < -0.4 is 5.32 Å². The molecular weight excluding hydrogens is 397 g/mol. The zero-order valence-corrected chi connectivity index (χ0v) is 17.1. The molecule has 28 heavy (non-hydrogen) atoms. The van der Waals surface area contributed by atoms with Crippen LogP contribution in [0.1, 0.15) is 27.7 Å². The van der Waals surface area contributed by atoms with Gasteiger partial charge in [-0.05, 0) is 0 Å². The monoisotopic (exact) mass is 421 g/mol. The summed E-state index contributed by atoms with van der Waals surface area (Å²) in [6.45, 7) is 4.17. The van der Waals surface area contributed by atoms with Crippen molar-refractivity contribution in [3.63, 3.8) is 0 Å². The van der Waals surface area contributed by atoms with Crippen molar-refractivity contribution in [3.05, 3.63) is 0 Å². The number of esters is 4. The van der Waals surface area contributed by atoms with Gasteiger partial charge in [0.15, 0.2) is 12.2 Å². The van der Waals surface area contributed by atoms with Crippen molar-refractivity contribution in [1.82, 2.24) is 5.32 Å². The molecule has 0 aromatic heterocycles. The van der Waals surface area contributed by atoms with Gasteiger partial charge in [0.25, 0.3) is 0 Å². The van der Waals surface area contributed by atoms with Crippen LogP contribution in [-0.2, 0) is 47.7 Å². The van der Waals surface area contributed by atoms with Crippen LogP contribution in [0.3, 0.4) is 0 Å². The number of ether oxygens (including phenoxy) is 5. The third kappa shape index (κ3) is 7.40. The maximum absolute atomic E-state index is 11.9. The largest absolute Gasteiger partial charge is 0.463 e. The van der Waals surface area contributed by atoms with E-state index in [0.29, 0.717) is 0 Å². The Kier molecular flexibility index (Phi) is 9.27. The molecule has 0 aromatic rings. The van der Waals surface area contributed by atoms with Gasteiger partial charge in [0, 0.05) is 33.9 Å². The van der Waals surface area contributed by atoms with Gasteiger partial charge in [-0.25, -0.2) is 0 Å². The maximum Gasteiger partial charge on any atom is 0.305 e. The Hall–Kier alpha value is -2.26. The molecule has 1 saturated heterocycles. The second kappa shape index (κ2) is 10.9. The highest BCUT2D eigenvalue weighted by Gasteiger charge is 2.52. The number of rotatable bonds is 7. The van der Waals surface area contributed by atoms with Crippen molar-refractivity contribution in [2.45, 2.75) is 58.3 Å². The maximum atomic E-state index is 11.9. The summed E-state index contributed by atoms with van der Waals surface area (Å²) in [4.78, 5) is 57.8. The molecule has 0 radical (unpaired) electrons. The van der Waals surface area contributed by atoms with Gasteiger partial charge >= 0.3 is 23.9 Å². The second-order valence-electron chi connectivity index (χ2n) is 5.90. The molecule has 0 bridgehead atoms. The van der Waals surface area contributed by atoms with E-state index in [9.17, 15) is 24.0 Å². The SMILES string of the molecule is CC(=O)OCC1OC(OC(C)=O)C(NC(=O)CP)C(OC(C)=O)[C@@H]1OC(C)=O. The predicted molar refractivity (Wildman–Crippen MR) is 94.7 cm³/mol. The minimum Gasteiger partial charge on any atom is -0.463 e. The molecule has 12 heteroatoms. The second-order valence-corrected chi connectivity index (χ2v) is 6.31. The zero-order valence-electron chi connectivity index (χ0n) is 16.0. The molecule has 1 N–H and O–H groups in total. The fourth-order valence-corrected chi connectivity index (χ4v) is 2.68. The molecule has 1 rings (SSSR count).